The summed E-state index contributed by atoms with van der Waals surface area (Å²) < 4.78 is 0. The number of amides is 2. The van der Waals surface area contributed by atoms with Crippen molar-refractivity contribution >= 4 is 39.6 Å². The van der Waals surface area contributed by atoms with Gasteiger partial charge in [0.2, 0.25) is 0 Å². The summed E-state index contributed by atoms with van der Waals surface area (Å²) in [6.07, 6.45) is 0. The van der Waals surface area contributed by atoms with Gasteiger partial charge in [0.15, 0.2) is 0 Å². The highest BCUT2D eigenvalue weighted by Gasteiger charge is 2.16. The van der Waals surface area contributed by atoms with Crippen LogP contribution >= 0.6 is 0 Å². The van der Waals surface area contributed by atoms with Gasteiger partial charge >= 0.3 is 11.8 Å². The Bertz CT molecular complexity index is 983. The molecule has 25 heavy (non-hydrogen) atoms. The zero-order chi connectivity index (χ0) is 18.0. The molecule has 0 aromatic heterocycles. The minimum Gasteiger partial charge on any atom is -0.507 e. The molecule has 0 saturated carbocycles. The summed E-state index contributed by atoms with van der Waals surface area (Å²) in [4.78, 5) is 24.4. The van der Waals surface area contributed by atoms with Crippen molar-refractivity contribution in [3.05, 3.63) is 60.2 Å². The molecule has 126 valence electrons. The number of aryl methyl sites for hydroxylation is 1. The molecule has 6 nitrogen and oxygen atoms in total. The van der Waals surface area contributed by atoms with Crippen molar-refractivity contribution in [2.45, 2.75) is 6.92 Å². The highest BCUT2D eigenvalue weighted by atomic mass is 16.3. The second-order valence-corrected chi connectivity index (χ2v) is 5.68. The van der Waals surface area contributed by atoms with Gasteiger partial charge in [-0.1, -0.05) is 30.3 Å². The largest absolute Gasteiger partial charge is 0.507 e. The van der Waals surface area contributed by atoms with Crippen molar-refractivity contribution in [2.75, 3.05) is 16.4 Å². The lowest BCUT2D eigenvalue weighted by Crippen LogP contribution is -2.29. The Kier molecular flexibility index (Phi) is 4.26. The van der Waals surface area contributed by atoms with Crippen LogP contribution in [0, 0.1) is 6.92 Å². The van der Waals surface area contributed by atoms with Crippen molar-refractivity contribution in [3.8, 4) is 5.75 Å². The molecule has 0 spiro atoms. The highest BCUT2D eigenvalue weighted by molar-refractivity contribution is 6.44. The number of carbonyl (C=O) groups excluding carboxylic acids is 2. The first kappa shape index (κ1) is 16.3. The number of fused-ring (bicyclic) bond motifs is 1. The summed E-state index contributed by atoms with van der Waals surface area (Å²) in [5.41, 5.74) is 7.92. The molecule has 6 heteroatoms. The third kappa shape index (κ3) is 3.37. The molecule has 0 aliphatic rings. The first-order valence-corrected chi connectivity index (χ1v) is 7.65. The Morgan fingerprint density at radius 1 is 0.880 bits per heavy atom. The molecule has 0 bridgehead atoms. The number of hydrogen-bond donors (Lipinski definition) is 4. The Balaban J connectivity index is 1.82. The minimum atomic E-state index is -0.825. The van der Waals surface area contributed by atoms with Crippen molar-refractivity contribution in [1.82, 2.24) is 0 Å². The van der Waals surface area contributed by atoms with Crippen LogP contribution in [0.3, 0.4) is 0 Å². The number of rotatable bonds is 2. The highest BCUT2D eigenvalue weighted by Crippen LogP contribution is 2.29. The predicted molar refractivity (Wildman–Crippen MR) is 98.5 cm³/mol. The van der Waals surface area contributed by atoms with E-state index < -0.39 is 11.8 Å². The molecule has 5 N–H and O–H groups in total. The van der Waals surface area contributed by atoms with E-state index in [1.165, 1.54) is 0 Å². The van der Waals surface area contributed by atoms with Crippen molar-refractivity contribution in [2.24, 2.45) is 0 Å². The van der Waals surface area contributed by atoms with Gasteiger partial charge in [0.05, 0.1) is 11.4 Å². The molecule has 3 rings (SSSR count). The summed E-state index contributed by atoms with van der Waals surface area (Å²) in [6.45, 7) is 1.86. The lowest BCUT2D eigenvalue weighted by molar-refractivity contribution is -0.132. The first-order valence-electron chi connectivity index (χ1n) is 7.65. The van der Waals surface area contributed by atoms with Crippen molar-refractivity contribution in [3.63, 3.8) is 0 Å². The van der Waals surface area contributed by atoms with Crippen LogP contribution in [0.4, 0.5) is 17.1 Å². The SMILES string of the molecule is Cc1ccc(N)c(NC(=O)C(=O)Nc2cccc3c(O)cccc23)c1. The van der Waals surface area contributed by atoms with Gasteiger partial charge in [-0.05, 0) is 36.8 Å². The van der Waals surface area contributed by atoms with E-state index in [-0.39, 0.29) is 5.75 Å². The molecule has 0 unspecified atom stereocenters. The molecule has 0 radical (unpaired) electrons. The van der Waals surface area contributed by atoms with Gasteiger partial charge in [0.25, 0.3) is 0 Å². The van der Waals surface area contributed by atoms with E-state index in [4.69, 9.17) is 5.73 Å². The molecule has 2 amide bonds. The molecule has 0 atom stereocenters. The van der Waals surface area contributed by atoms with E-state index in [0.717, 1.165) is 5.56 Å². The smallest absolute Gasteiger partial charge is 0.314 e. The van der Waals surface area contributed by atoms with Gasteiger partial charge in [0.1, 0.15) is 5.75 Å². The third-order valence-corrected chi connectivity index (χ3v) is 3.81. The number of hydrogen-bond acceptors (Lipinski definition) is 4. The Hall–Kier alpha value is -3.54. The average molecular weight is 335 g/mol. The number of phenolic OH excluding ortho intramolecular Hbond substituents is 1. The Morgan fingerprint density at radius 2 is 1.52 bits per heavy atom. The van der Waals surface area contributed by atoms with E-state index in [2.05, 4.69) is 10.6 Å². The van der Waals surface area contributed by atoms with Crippen LogP contribution < -0.4 is 16.4 Å². The van der Waals surface area contributed by atoms with E-state index in [1.54, 1.807) is 48.5 Å². The van der Waals surface area contributed by atoms with Crippen LogP contribution in [0.15, 0.2) is 54.6 Å². The van der Waals surface area contributed by atoms with Crippen LogP contribution in [0.1, 0.15) is 5.56 Å². The van der Waals surface area contributed by atoms with E-state index >= 15 is 0 Å². The number of phenols is 1. The second-order valence-electron chi connectivity index (χ2n) is 5.68. The minimum absolute atomic E-state index is 0.102. The zero-order valence-corrected chi connectivity index (χ0v) is 13.5. The lowest BCUT2D eigenvalue weighted by atomic mass is 10.1. The second kappa shape index (κ2) is 6.52. The van der Waals surface area contributed by atoms with Gasteiger partial charge in [-0.25, -0.2) is 0 Å². The van der Waals surface area contributed by atoms with Crippen LogP contribution in [0.5, 0.6) is 5.75 Å². The third-order valence-electron chi connectivity index (χ3n) is 3.81. The van der Waals surface area contributed by atoms with Crippen LogP contribution in [0.2, 0.25) is 0 Å². The summed E-state index contributed by atoms with van der Waals surface area (Å²) in [5, 5.41) is 16.2. The fourth-order valence-corrected chi connectivity index (χ4v) is 2.54. The number of nitrogens with two attached hydrogens (primary N) is 1. The summed E-state index contributed by atoms with van der Waals surface area (Å²) in [6, 6.07) is 15.2. The van der Waals surface area contributed by atoms with Gasteiger partial charge in [-0.2, -0.15) is 0 Å². The number of anilines is 3. The lowest BCUT2D eigenvalue weighted by Gasteiger charge is -2.11. The molecule has 0 heterocycles. The van der Waals surface area contributed by atoms with Gasteiger partial charge in [0, 0.05) is 16.5 Å². The fraction of sp³-hybridized carbons (Fsp3) is 0.0526. The zero-order valence-electron chi connectivity index (χ0n) is 13.5. The molecule has 3 aromatic rings. The number of nitrogens with one attached hydrogen (secondary N) is 2. The number of nitrogen functional groups attached to an aromatic ring is 1. The molecule has 0 fully saturated rings. The van der Waals surface area contributed by atoms with E-state index in [0.29, 0.717) is 27.8 Å². The number of benzene rings is 3. The maximum absolute atomic E-state index is 12.2. The summed E-state index contributed by atoms with van der Waals surface area (Å²) in [5.74, 6) is -1.54. The number of aromatic hydroxyl groups is 1. The van der Waals surface area contributed by atoms with Gasteiger partial charge in [-0.3, -0.25) is 9.59 Å². The van der Waals surface area contributed by atoms with E-state index in [1.807, 2.05) is 13.0 Å². The predicted octanol–water partition coefficient (Wildman–Crippen LogP) is 3.01. The molecule has 0 saturated heterocycles. The van der Waals surface area contributed by atoms with Crippen LogP contribution in [0.25, 0.3) is 10.8 Å². The van der Waals surface area contributed by atoms with Crippen molar-refractivity contribution in [1.29, 1.82) is 0 Å². The quantitative estimate of drug-likeness (QED) is 0.427. The average Bonchev–Trinajstić information content (AvgIpc) is 2.59. The number of carbonyl (C=O) groups is 2. The monoisotopic (exact) mass is 335 g/mol. The summed E-state index contributed by atoms with van der Waals surface area (Å²) in [7, 11) is 0. The molecular formula is C19H17N3O3. The maximum atomic E-state index is 12.2. The standard InChI is InChI=1S/C19H17N3O3/c1-11-8-9-14(20)16(10-11)22-19(25)18(24)21-15-6-2-5-13-12(15)4-3-7-17(13)23/h2-10,23H,20H2,1H3,(H,21,24)(H,22,25). The topological polar surface area (TPSA) is 104 Å². The molecule has 0 aliphatic carbocycles. The van der Waals surface area contributed by atoms with E-state index in [9.17, 15) is 14.7 Å². The Labute approximate surface area is 144 Å². The van der Waals surface area contributed by atoms with Gasteiger partial charge in [-0.15, -0.1) is 0 Å². The van der Waals surface area contributed by atoms with Crippen LogP contribution in [-0.2, 0) is 9.59 Å². The first-order chi connectivity index (χ1) is 12.0. The normalized spacial score (nSPS) is 10.4. The fourth-order valence-electron chi connectivity index (χ4n) is 2.54. The molecular weight excluding hydrogens is 318 g/mol. The summed E-state index contributed by atoms with van der Waals surface area (Å²) >= 11 is 0. The van der Waals surface area contributed by atoms with Crippen molar-refractivity contribution < 1.29 is 14.7 Å². The maximum Gasteiger partial charge on any atom is 0.314 e. The van der Waals surface area contributed by atoms with Gasteiger partial charge < -0.3 is 21.5 Å². The molecule has 3 aromatic carbocycles. The van der Waals surface area contributed by atoms with Crippen LogP contribution in [-0.4, -0.2) is 16.9 Å². The molecule has 0 aliphatic heterocycles. The Morgan fingerprint density at radius 3 is 2.28 bits per heavy atom.